The van der Waals surface area contributed by atoms with Gasteiger partial charge in [0.2, 0.25) is 6.10 Å². The third-order valence-corrected chi connectivity index (χ3v) is 9.91. The summed E-state index contributed by atoms with van der Waals surface area (Å²) in [5, 5.41) is 12.6. The van der Waals surface area contributed by atoms with E-state index in [1.807, 2.05) is 33.9 Å². The first kappa shape index (κ1) is 37.8. The van der Waals surface area contributed by atoms with E-state index in [1.54, 1.807) is 63.2 Å². The second-order valence-electron chi connectivity index (χ2n) is 14.5. The molecule has 0 saturated heterocycles. The number of carbonyl (C=O) groups excluding carboxylic acids is 4. The van der Waals surface area contributed by atoms with Crippen LogP contribution in [0.25, 0.3) is 0 Å². The van der Waals surface area contributed by atoms with Crippen molar-refractivity contribution >= 4 is 24.1 Å². The van der Waals surface area contributed by atoms with Gasteiger partial charge < -0.3 is 38.4 Å². The van der Waals surface area contributed by atoms with E-state index in [2.05, 4.69) is 4.90 Å². The van der Waals surface area contributed by atoms with Crippen LogP contribution in [0.5, 0.6) is 11.5 Å². The minimum absolute atomic E-state index is 0.123. The van der Waals surface area contributed by atoms with Crippen LogP contribution in [0.15, 0.2) is 54.3 Å². The SMILES string of the molecule is CCCCOC(=O)[C@@H](OC(=O)CCC(=O)OC1=CC[C@@]2(O)[C@H](N(C)CC)Cc3ccc(OC(=O)OC(C)(C)C)c4c3[C@@]2(C)[C@H]1O4)c1ccccc1. The smallest absolute Gasteiger partial charge is 0.477 e. The lowest BCUT2D eigenvalue weighted by Gasteiger charge is -2.56. The molecular weight excluding hydrogens is 658 g/mol. The zero-order chi connectivity index (χ0) is 37.1. The molecule has 0 unspecified atom stereocenters. The Morgan fingerprint density at radius 1 is 1.02 bits per heavy atom. The summed E-state index contributed by atoms with van der Waals surface area (Å²) in [6, 6.07) is 11.8. The second-order valence-corrected chi connectivity index (χ2v) is 14.5. The van der Waals surface area contributed by atoms with Gasteiger partial charge in [-0.05, 0) is 71.8 Å². The highest BCUT2D eigenvalue weighted by molar-refractivity contribution is 5.83. The first-order valence-electron chi connectivity index (χ1n) is 17.6. The summed E-state index contributed by atoms with van der Waals surface area (Å²) >= 11 is 0. The number of hydrogen-bond donors (Lipinski definition) is 1. The van der Waals surface area contributed by atoms with Crippen molar-refractivity contribution < 1.29 is 52.7 Å². The highest BCUT2D eigenvalue weighted by Crippen LogP contribution is 2.62. The Hall–Kier alpha value is -4.42. The maximum absolute atomic E-state index is 13.3. The summed E-state index contributed by atoms with van der Waals surface area (Å²) in [5.41, 5.74) is -1.19. The minimum atomic E-state index is -1.34. The molecule has 2 aromatic carbocycles. The van der Waals surface area contributed by atoms with E-state index in [-0.39, 0.29) is 49.2 Å². The fourth-order valence-electron chi connectivity index (χ4n) is 7.18. The Morgan fingerprint density at radius 2 is 1.73 bits per heavy atom. The highest BCUT2D eigenvalue weighted by atomic mass is 16.7. The molecule has 0 fully saturated rings. The second kappa shape index (κ2) is 15.1. The summed E-state index contributed by atoms with van der Waals surface area (Å²) in [6.07, 6.45) is -0.0199. The van der Waals surface area contributed by atoms with E-state index in [0.717, 1.165) is 12.0 Å². The highest BCUT2D eigenvalue weighted by Gasteiger charge is 2.68. The Morgan fingerprint density at radius 3 is 2.39 bits per heavy atom. The number of esters is 3. The first-order chi connectivity index (χ1) is 24.1. The number of unbranched alkanes of at least 4 members (excludes halogenated alkanes) is 1. The van der Waals surface area contributed by atoms with E-state index in [1.165, 1.54) is 0 Å². The summed E-state index contributed by atoms with van der Waals surface area (Å²) in [5.74, 6) is -1.62. The van der Waals surface area contributed by atoms with Crippen molar-refractivity contribution in [2.24, 2.45) is 0 Å². The van der Waals surface area contributed by atoms with Crippen molar-refractivity contribution in [3.8, 4) is 11.5 Å². The van der Waals surface area contributed by atoms with Crippen molar-refractivity contribution in [2.75, 3.05) is 20.2 Å². The third-order valence-electron chi connectivity index (χ3n) is 9.91. The molecule has 2 aliphatic carbocycles. The number of benzene rings is 2. The molecule has 0 bridgehead atoms. The Kier molecular flexibility index (Phi) is 11.2. The molecule has 5 atom stereocenters. The van der Waals surface area contributed by atoms with E-state index in [0.29, 0.717) is 30.5 Å². The van der Waals surface area contributed by atoms with Crippen molar-refractivity contribution in [1.82, 2.24) is 4.90 Å². The van der Waals surface area contributed by atoms with Crippen LogP contribution in [0.3, 0.4) is 0 Å². The van der Waals surface area contributed by atoms with Gasteiger partial charge >= 0.3 is 24.1 Å². The van der Waals surface area contributed by atoms with Gasteiger partial charge in [-0.25, -0.2) is 9.59 Å². The van der Waals surface area contributed by atoms with Gasteiger partial charge in [0.05, 0.1) is 30.5 Å². The van der Waals surface area contributed by atoms with Gasteiger partial charge in [0.1, 0.15) is 11.4 Å². The molecule has 0 amide bonds. The van der Waals surface area contributed by atoms with Gasteiger partial charge in [-0.1, -0.05) is 56.7 Å². The number of rotatable bonds is 13. The van der Waals surface area contributed by atoms with Crippen molar-refractivity contribution in [1.29, 1.82) is 0 Å². The summed E-state index contributed by atoms with van der Waals surface area (Å²) in [4.78, 5) is 53.8. The number of carbonyl (C=O) groups is 4. The topological polar surface area (TPSA) is 147 Å². The standard InChI is InChI=1S/C39H49NO11/c1-8-10-22-46-35(43)32(24-14-12-11-13-15-24)49-30(42)19-18-29(41)47-27-20-21-39(45)28(40(7)9-2)23-25-16-17-26(48-36(44)51-37(3,4)5)33-31(25)38(39,6)34(27)50-33/h11-17,20,28,32,34,45H,8-10,18-19,21-23H2,1-7H3/t28-,32+,34+,38+,39-/m1/s1. The van der Waals surface area contributed by atoms with Crippen LogP contribution in [0.1, 0.15) is 96.4 Å². The maximum Gasteiger partial charge on any atom is 0.514 e. The molecule has 1 aliphatic heterocycles. The van der Waals surface area contributed by atoms with Crippen LogP contribution in [0, 0.1) is 0 Å². The van der Waals surface area contributed by atoms with Crippen LogP contribution in [-0.2, 0) is 45.2 Å². The Balaban J connectivity index is 1.34. The predicted molar refractivity (Wildman–Crippen MR) is 185 cm³/mol. The van der Waals surface area contributed by atoms with Crippen molar-refractivity contribution in [3.05, 3.63) is 71.0 Å². The Bertz CT molecular complexity index is 1660. The van der Waals surface area contributed by atoms with Gasteiger partial charge in [-0.2, -0.15) is 0 Å². The summed E-state index contributed by atoms with van der Waals surface area (Å²) in [7, 11) is 1.95. The van der Waals surface area contributed by atoms with Crippen LogP contribution in [0.4, 0.5) is 4.79 Å². The number of nitrogens with zero attached hydrogens (tertiary/aromatic N) is 1. The molecule has 51 heavy (non-hydrogen) atoms. The summed E-state index contributed by atoms with van der Waals surface area (Å²) in [6.45, 7) is 11.9. The predicted octanol–water partition coefficient (Wildman–Crippen LogP) is 5.87. The van der Waals surface area contributed by atoms with Crippen LogP contribution >= 0.6 is 0 Å². The quantitative estimate of drug-likeness (QED) is 0.115. The molecule has 12 nitrogen and oxygen atoms in total. The fourth-order valence-corrected chi connectivity index (χ4v) is 7.18. The first-order valence-corrected chi connectivity index (χ1v) is 17.6. The van der Waals surface area contributed by atoms with E-state index < -0.39 is 52.9 Å². The molecule has 0 spiro atoms. The number of likely N-dealkylation sites (N-methyl/N-ethyl adjacent to an activating group) is 1. The van der Waals surface area contributed by atoms with Gasteiger partial charge in [-0.3, -0.25) is 9.59 Å². The lowest BCUT2D eigenvalue weighted by Crippen LogP contribution is -2.69. The number of ether oxygens (including phenoxy) is 6. The molecule has 5 rings (SSSR count). The normalized spacial score (nSPS) is 23.7. The molecule has 2 aromatic rings. The maximum atomic E-state index is 13.3. The zero-order valence-corrected chi connectivity index (χ0v) is 30.5. The van der Waals surface area contributed by atoms with Gasteiger partial charge in [0.25, 0.3) is 0 Å². The lowest BCUT2D eigenvalue weighted by atomic mass is 9.54. The molecular formula is C39H49NO11. The van der Waals surface area contributed by atoms with Crippen LogP contribution in [-0.4, -0.2) is 77.6 Å². The number of hydrogen-bond acceptors (Lipinski definition) is 12. The fraction of sp³-hybridized carbons (Fsp3) is 0.538. The molecule has 3 aliphatic rings. The average Bonchev–Trinajstić information content (AvgIpc) is 3.42. The number of aliphatic hydroxyl groups is 1. The van der Waals surface area contributed by atoms with Crippen LogP contribution < -0.4 is 9.47 Å². The molecule has 1 N–H and O–H groups in total. The van der Waals surface area contributed by atoms with Gasteiger partial charge in [-0.15, -0.1) is 0 Å². The molecule has 12 heteroatoms. The van der Waals surface area contributed by atoms with Gasteiger partial charge in [0.15, 0.2) is 17.6 Å². The van der Waals surface area contributed by atoms with Crippen molar-refractivity contribution in [2.45, 2.75) is 115 Å². The molecule has 0 saturated carbocycles. The molecule has 276 valence electrons. The van der Waals surface area contributed by atoms with E-state index >= 15 is 0 Å². The largest absolute Gasteiger partial charge is 0.514 e. The van der Waals surface area contributed by atoms with Crippen molar-refractivity contribution in [3.63, 3.8) is 0 Å². The summed E-state index contributed by atoms with van der Waals surface area (Å²) < 4.78 is 34.2. The van der Waals surface area contributed by atoms with E-state index in [4.69, 9.17) is 28.4 Å². The minimum Gasteiger partial charge on any atom is -0.477 e. The van der Waals surface area contributed by atoms with E-state index in [9.17, 15) is 24.3 Å². The Labute approximate surface area is 299 Å². The zero-order valence-electron chi connectivity index (χ0n) is 30.5. The lowest BCUT2D eigenvalue weighted by molar-refractivity contribution is -0.169. The monoisotopic (exact) mass is 707 g/mol. The average molecular weight is 708 g/mol. The third kappa shape index (κ3) is 7.62. The molecule has 0 radical (unpaired) electrons. The molecule has 1 heterocycles. The van der Waals surface area contributed by atoms with Crippen LogP contribution in [0.2, 0.25) is 0 Å². The molecule has 0 aromatic heterocycles. The van der Waals surface area contributed by atoms with Gasteiger partial charge in [0, 0.05) is 23.6 Å².